The predicted octanol–water partition coefficient (Wildman–Crippen LogP) is 0.198. The lowest BCUT2D eigenvalue weighted by atomic mass is 10.1. The van der Waals surface area contributed by atoms with E-state index in [0.717, 1.165) is 0 Å². The molecule has 0 unspecified atom stereocenters. The van der Waals surface area contributed by atoms with E-state index < -0.39 is 11.6 Å². The minimum Gasteiger partial charge on any atom is -0.318 e. The summed E-state index contributed by atoms with van der Waals surface area (Å²) >= 11 is 1.34. The molecule has 1 aromatic rings. The van der Waals surface area contributed by atoms with Crippen LogP contribution in [0, 0.1) is 0 Å². The molecule has 0 radical (unpaired) electrons. The first-order valence-corrected chi connectivity index (χ1v) is 4.54. The molecule has 1 atom stereocenters. The molecule has 0 bridgehead atoms. The van der Waals surface area contributed by atoms with E-state index in [1.807, 2.05) is 0 Å². The number of thiazole rings is 1. The van der Waals surface area contributed by atoms with Crippen LogP contribution in [0.2, 0.25) is 0 Å². The summed E-state index contributed by atoms with van der Waals surface area (Å²) in [5.74, 6) is -0.354. The number of hydrogen-bond acceptors (Lipinski definition) is 4. The van der Waals surface area contributed by atoms with Gasteiger partial charge >= 0.3 is 6.03 Å². The fourth-order valence-electron chi connectivity index (χ4n) is 1.16. The van der Waals surface area contributed by atoms with Gasteiger partial charge in [-0.1, -0.05) is 0 Å². The number of imide groups is 1. The van der Waals surface area contributed by atoms with Crippen molar-refractivity contribution in [2.24, 2.45) is 0 Å². The van der Waals surface area contributed by atoms with Gasteiger partial charge in [0.15, 0.2) is 5.54 Å². The average Bonchev–Trinajstić information content (AvgIpc) is 2.61. The van der Waals surface area contributed by atoms with Gasteiger partial charge in [0.05, 0.1) is 0 Å². The number of nitrogens with zero attached hydrogens (tertiary/aromatic N) is 1. The molecule has 2 rings (SSSR count). The number of carbonyl (C=O) groups excluding carboxylic acids is 2. The van der Waals surface area contributed by atoms with Gasteiger partial charge in [-0.3, -0.25) is 10.1 Å². The molecule has 13 heavy (non-hydrogen) atoms. The molecule has 2 N–H and O–H groups in total. The molecule has 0 spiro atoms. The summed E-state index contributed by atoms with van der Waals surface area (Å²) in [6, 6.07) is -0.470. The molecule has 0 aromatic carbocycles. The van der Waals surface area contributed by atoms with Crippen LogP contribution in [0.25, 0.3) is 0 Å². The number of aromatic nitrogens is 1. The lowest BCUT2D eigenvalue weighted by molar-refractivity contribution is -0.123. The second-order valence-corrected chi connectivity index (χ2v) is 3.77. The Morgan fingerprint density at radius 3 is 2.77 bits per heavy atom. The Kier molecular flexibility index (Phi) is 1.59. The molecule has 1 aromatic heterocycles. The molecule has 2 heterocycles. The van der Waals surface area contributed by atoms with Crippen LogP contribution >= 0.6 is 11.3 Å². The monoisotopic (exact) mass is 197 g/mol. The van der Waals surface area contributed by atoms with E-state index in [0.29, 0.717) is 5.01 Å². The van der Waals surface area contributed by atoms with Gasteiger partial charge < -0.3 is 5.32 Å². The molecule has 1 aliphatic rings. The lowest BCUT2D eigenvalue weighted by Crippen LogP contribution is -2.40. The first-order valence-electron chi connectivity index (χ1n) is 3.66. The van der Waals surface area contributed by atoms with E-state index in [4.69, 9.17) is 0 Å². The highest BCUT2D eigenvalue weighted by Gasteiger charge is 2.45. The molecule has 3 amide bonds. The maximum Gasteiger partial charge on any atom is 0.322 e. The van der Waals surface area contributed by atoms with Crippen molar-refractivity contribution in [2.75, 3.05) is 0 Å². The Morgan fingerprint density at radius 2 is 2.31 bits per heavy atom. The average molecular weight is 197 g/mol. The van der Waals surface area contributed by atoms with E-state index >= 15 is 0 Å². The van der Waals surface area contributed by atoms with Gasteiger partial charge in [0, 0.05) is 11.6 Å². The number of urea groups is 1. The Morgan fingerprint density at radius 1 is 1.54 bits per heavy atom. The standard InChI is InChI=1S/C7H7N3O2S/c1-7(5-8-2-3-13-5)4(11)9-6(12)10-7/h2-3H,1H3,(H2,9,10,11,12)/t7-/m0/s1. The largest absolute Gasteiger partial charge is 0.322 e. The summed E-state index contributed by atoms with van der Waals surface area (Å²) in [6.07, 6.45) is 1.60. The van der Waals surface area contributed by atoms with E-state index in [9.17, 15) is 9.59 Å². The van der Waals surface area contributed by atoms with Crippen molar-refractivity contribution in [3.05, 3.63) is 16.6 Å². The van der Waals surface area contributed by atoms with Crippen molar-refractivity contribution in [3.8, 4) is 0 Å². The van der Waals surface area contributed by atoms with E-state index in [2.05, 4.69) is 15.6 Å². The van der Waals surface area contributed by atoms with Gasteiger partial charge in [-0.25, -0.2) is 9.78 Å². The topological polar surface area (TPSA) is 71.1 Å². The second kappa shape index (κ2) is 2.53. The molecule has 6 heteroatoms. The minimum absolute atomic E-state index is 0.354. The van der Waals surface area contributed by atoms with E-state index in [1.165, 1.54) is 11.3 Å². The summed E-state index contributed by atoms with van der Waals surface area (Å²) in [5.41, 5.74) is -0.995. The summed E-state index contributed by atoms with van der Waals surface area (Å²) in [7, 11) is 0. The summed E-state index contributed by atoms with van der Waals surface area (Å²) < 4.78 is 0. The van der Waals surface area contributed by atoms with Crippen molar-refractivity contribution in [1.82, 2.24) is 15.6 Å². The Balaban J connectivity index is 2.42. The highest BCUT2D eigenvalue weighted by molar-refractivity contribution is 7.09. The molecule has 0 aliphatic carbocycles. The first-order chi connectivity index (χ1) is 6.13. The zero-order chi connectivity index (χ0) is 9.47. The van der Waals surface area contributed by atoms with Gasteiger partial charge in [-0.05, 0) is 6.92 Å². The van der Waals surface area contributed by atoms with E-state index in [1.54, 1.807) is 18.5 Å². The number of rotatable bonds is 1. The fourth-order valence-corrected chi connectivity index (χ4v) is 1.92. The van der Waals surface area contributed by atoms with Crippen molar-refractivity contribution in [1.29, 1.82) is 0 Å². The molecular formula is C7H7N3O2S. The highest BCUT2D eigenvalue weighted by Crippen LogP contribution is 2.25. The van der Waals surface area contributed by atoms with Crippen LogP contribution in [-0.2, 0) is 10.3 Å². The highest BCUT2D eigenvalue weighted by atomic mass is 32.1. The molecule has 0 saturated carbocycles. The molecule has 68 valence electrons. The Labute approximate surface area is 78.2 Å². The van der Waals surface area contributed by atoms with Crippen molar-refractivity contribution >= 4 is 23.3 Å². The number of carbonyl (C=O) groups is 2. The third-order valence-corrected chi connectivity index (χ3v) is 2.90. The lowest BCUT2D eigenvalue weighted by Gasteiger charge is -2.16. The van der Waals surface area contributed by atoms with Crippen LogP contribution in [-0.4, -0.2) is 16.9 Å². The van der Waals surface area contributed by atoms with Crippen LogP contribution in [0.3, 0.4) is 0 Å². The summed E-state index contributed by atoms with van der Waals surface area (Å²) in [4.78, 5) is 26.3. The molecule has 1 fully saturated rings. The summed E-state index contributed by atoms with van der Waals surface area (Å²) in [6.45, 7) is 1.63. The summed E-state index contributed by atoms with van der Waals surface area (Å²) in [5, 5.41) is 7.06. The van der Waals surface area contributed by atoms with Gasteiger partial charge in [0.1, 0.15) is 5.01 Å². The zero-order valence-electron chi connectivity index (χ0n) is 6.83. The third kappa shape index (κ3) is 1.10. The van der Waals surface area contributed by atoms with Crippen molar-refractivity contribution in [2.45, 2.75) is 12.5 Å². The normalized spacial score (nSPS) is 27.2. The maximum atomic E-state index is 11.4. The van der Waals surface area contributed by atoms with E-state index in [-0.39, 0.29) is 5.91 Å². The first kappa shape index (κ1) is 8.18. The number of amides is 3. The molecule has 1 aliphatic heterocycles. The van der Waals surface area contributed by atoms with Gasteiger partial charge in [-0.2, -0.15) is 0 Å². The Hall–Kier alpha value is -1.43. The second-order valence-electron chi connectivity index (χ2n) is 2.87. The smallest absolute Gasteiger partial charge is 0.318 e. The van der Waals surface area contributed by atoms with Crippen molar-refractivity contribution in [3.63, 3.8) is 0 Å². The quantitative estimate of drug-likeness (QED) is 0.632. The maximum absolute atomic E-state index is 11.4. The minimum atomic E-state index is -0.995. The Bertz CT molecular complexity index is 362. The zero-order valence-corrected chi connectivity index (χ0v) is 7.64. The van der Waals surface area contributed by atoms with Crippen LogP contribution in [0.15, 0.2) is 11.6 Å². The van der Waals surface area contributed by atoms with Crippen LogP contribution < -0.4 is 10.6 Å². The van der Waals surface area contributed by atoms with Crippen LogP contribution in [0.5, 0.6) is 0 Å². The molecule has 5 nitrogen and oxygen atoms in total. The van der Waals surface area contributed by atoms with Crippen LogP contribution in [0.4, 0.5) is 4.79 Å². The predicted molar refractivity (Wildman–Crippen MR) is 46.1 cm³/mol. The third-order valence-electron chi connectivity index (χ3n) is 1.90. The van der Waals surface area contributed by atoms with Crippen LogP contribution in [0.1, 0.15) is 11.9 Å². The van der Waals surface area contributed by atoms with Crippen molar-refractivity contribution < 1.29 is 9.59 Å². The SMILES string of the molecule is C[C@]1(c2nccs2)NC(=O)NC1=O. The molecule has 1 saturated heterocycles. The fraction of sp³-hybridized carbons (Fsp3) is 0.286. The van der Waals surface area contributed by atoms with Gasteiger partial charge in [0.25, 0.3) is 5.91 Å². The number of nitrogens with one attached hydrogen (secondary N) is 2. The van der Waals surface area contributed by atoms with Gasteiger partial charge in [-0.15, -0.1) is 11.3 Å². The van der Waals surface area contributed by atoms with Gasteiger partial charge in [0.2, 0.25) is 0 Å². The number of hydrogen-bond donors (Lipinski definition) is 2. The molecular weight excluding hydrogens is 190 g/mol.